The van der Waals surface area contributed by atoms with Crippen molar-refractivity contribution in [2.45, 2.75) is 38.0 Å². The van der Waals surface area contributed by atoms with Crippen LogP contribution in [0.25, 0.3) is 38.2 Å². The molecule has 6 rings (SSSR count). The molecule has 10 heteroatoms. The molecule has 1 aromatic carbocycles. The van der Waals surface area contributed by atoms with E-state index in [4.69, 9.17) is 25.6 Å². The number of amides is 1. The summed E-state index contributed by atoms with van der Waals surface area (Å²) in [7, 11) is 0. The Labute approximate surface area is 205 Å². The van der Waals surface area contributed by atoms with Gasteiger partial charge in [0.1, 0.15) is 23.4 Å². The van der Waals surface area contributed by atoms with Crippen LogP contribution in [0.3, 0.4) is 0 Å². The third-order valence-electron chi connectivity index (χ3n) is 6.20. The fourth-order valence-electron chi connectivity index (χ4n) is 4.63. The van der Waals surface area contributed by atoms with Crippen LogP contribution in [0.1, 0.15) is 43.8 Å². The number of carbonyl (C=O) groups is 1. The standard InChI is InChI=1S/C24H22N6S.CH3NO2/c25-23-22-21(29-24(30(22)27-14-26-23)16-5-2-1-3-6-16)17-9-8-15-10-11-18(28-19(15)13-17)20-7-4-12-31-20;2-1(3)4/h4,7-14,16H,1-3,5-6H2,(H2,25,26,27);2H2,(H,3,4). The monoisotopic (exact) mass is 487 g/mol. The zero-order chi connectivity index (χ0) is 24.4. The number of aromatic nitrogens is 5. The Hall–Kier alpha value is -4.05. The third-order valence-corrected chi connectivity index (χ3v) is 7.09. The molecule has 4 aromatic heterocycles. The zero-order valence-corrected chi connectivity index (χ0v) is 19.8. The lowest BCUT2D eigenvalue weighted by atomic mass is 9.89. The van der Waals surface area contributed by atoms with Crippen molar-refractivity contribution < 1.29 is 9.90 Å². The molecule has 4 heterocycles. The first-order valence-electron chi connectivity index (χ1n) is 11.4. The summed E-state index contributed by atoms with van der Waals surface area (Å²) in [5.74, 6) is 1.87. The van der Waals surface area contributed by atoms with Crippen LogP contribution in [0.2, 0.25) is 0 Å². The summed E-state index contributed by atoms with van der Waals surface area (Å²) in [5, 5.41) is 14.9. The zero-order valence-electron chi connectivity index (χ0n) is 19.0. The van der Waals surface area contributed by atoms with E-state index in [0.29, 0.717) is 11.7 Å². The van der Waals surface area contributed by atoms with Crippen molar-refractivity contribution >= 4 is 39.7 Å². The predicted molar refractivity (Wildman–Crippen MR) is 137 cm³/mol. The highest BCUT2D eigenvalue weighted by atomic mass is 32.1. The highest BCUT2D eigenvalue weighted by molar-refractivity contribution is 7.13. The minimum Gasteiger partial charge on any atom is -0.465 e. The highest BCUT2D eigenvalue weighted by Crippen LogP contribution is 2.37. The first-order chi connectivity index (χ1) is 17.0. The smallest absolute Gasteiger partial charge is 0.402 e. The summed E-state index contributed by atoms with van der Waals surface area (Å²) in [5.41, 5.74) is 14.9. The lowest BCUT2D eigenvalue weighted by Crippen LogP contribution is -2.10. The van der Waals surface area contributed by atoms with Crippen molar-refractivity contribution in [3.05, 3.63) is 60.0 Å². The molecule has 35 heavy (non-hydrogen) atoms. The lowest BCUT2D eigenvalue weighted by molar-refractivity contribution is 0.205. The number of hydrogen-bond donors (Lipinski definition) is 3. The van der Waals surface area contributed by atoms with Crippen LogP contribution in [-0.2, 0) is 0 Å². The van der Waals surface area contributed by atoms with E-state index in [1.165, 1.54) is 25.6 Å². The number of anilines is 1. The number of primary amides is 1. The van der Waals surface area contributed by atoms with Gasteiger partial charge in [-0.25, -0.2) is 24.3 Å². The van der Waals surface area contributed by atoms with Crippen molar-refractivity contribution in [3.8, 4) is 21.8 Å². The maximum absolute atomic E-state index is 8.78. The Morgan fingerprint density at radius 1 is 1.09 bits per heavy atom. The number of hydrogen-bond acceptors (Lipinski definition) is 7. The van der Waals surface area contributed by atoms with Gasteiger partial charge in [0.05, 0.1) is 16.1 Å². The van der Waals surface area contributed by atoms with E-state index in [9.17, 15) is 0 Å². The average Bonchev–Trinajstić information content (AvgIpc) is 3.53. The Morgan fingerprint density at radius 2 is 1.86 bits per heavy atom. The molecule has 0 radical (unpaired) electrons. The van der Waals surface area contributed by atoms with Gasteiger partial charge in [-0.15, -0.1) is 11.3 Å². The van der Waals surface area contributed by atoms with Crippen LogP contribution in [0.5, 0.6) is 0 Å². The Kier molecular flexibility index (Phi) is 6.28. The van der Waals surface area contributed by atoms with Crippen molar-refractivity contribution in [1.29, 1.82) is 0 Å². The SMILES string of the molecule is NC(=O)O.Nc1ncnn2c(C3CCCCC3)nc(-c3ccc4ccc(-c5cccs5)nc4c3)c12. The summed E-state index contributed by atoms with van der Waals surface area (Å²) < 4.78 is 1.91. The molecule has 1 aliphatic carbocycles. The van der Waals surface area contributed by atoms with Gasteiger partial charge in [0, 0.05) is 16.9 Å². The number of nitrogen functional groups attached to an aromatic ring is 1. The van der Waals surface area contributed by atoms with Gasteiger partial charge in [-0.3, -0.25) is 0 Å². The quantitative estimate of drug-likeness (QED) is 0.312. The summed E-state index contributed by atoms with van der Waals surface area (Å²) in [6, 6.07) is 14.6. The number of nitrogens with two attached hydrogens (primary N) is 2. The largest absolute Gasteiger partial charge is 0.465 e. The fourth-order valence-corrected chi connectivity index (χ4v) is 5.32. The van der Waals surface area contributed by atoms with Gasteiger partial charge in [0.15, 0.2) is 5.82 Å². The molecule has 1 fully saturated rings. The fraction of sp³-hybridized carbons (Fsp3) is 0.240. The number of pyridine rings is 1. The predicted octanol–water partition coefficient (Wildman–Crippen LogP) is 5.32. The van der Waals surface area contributed by atoms with Gasteiger partial charge >= 0.3 is 6.09 Å². The summed E-state index contributed by atoms with van der Waals surface area (Å²) in [6.45, 7) is 0. The van der Waals surface area contributed by atoms with Gasteiger partial charge in [-0.2, -0.15) is 5.10 Å². The minimum absolute atomic E-state index is 0.410. The molecule has 178 valence electrons. The van der Waals surface area contributed by atoms with Crippen molar-refractivity contribution in [3.63, 3.8) is 0 Å². The molecule has 1 amide bonds. The molecule has 0 bridgehead atoms. The van der Waals surface area contributed by atoms with Crippen molar-refractivity contribution in [2.24, 2.45) is 5.73 Å². The molecule has 0 saturated heterocycles. The second-order valence-electron chi connectivity index (χ2n) is 8.48. The van der Waals surface area contributed by atoms with E-state index >= 15 is 0 Å². The van der Waals surface area contributed by atoms with Gasteiger partial charge in [0.2, 0.25) is 0 Å². The molecule has 5 aromatic rings. The van der Waals surface area contributed by atoms with Crippen LogP contribution in [0, 0.1) is 0 Å². The average molecular weight is 488 g/mol. The first-order valence-corrected chi connectivity index (χ1v) is 12.3. The van der Waals surface area contributed by atoms with Crippen LogP contribution < -0.4 is 11.5 Å². The van der Waals surface area contributed by atoms with Crippen molar-refractivity contribution in [1.82, 2.24) is 24.6 Å². The molecule has 9 nitrogen and oxygen atoms in total. The van der Waals surface area contributed by atoms with Crippen LogP contribution in [-0.4, -0.2) is 35.8 Å². The second kappa shape index (κ2) is 9.67. The van der Waals surface area contributed by atoms with E-state index in [-0.39, 0.29) is 0 Å². The van der Waals surface area contributed by atoms with E-state index < -0.39 is 6.09 Å². The molecular weight excluding hydrogens is 462 g/mol. The van der Waals surface area contributed by atoms with Crippen LogP contribution in [0.4, 0.5) is 10.6 Å². The number of fused-ring (bicyclic) bond motifs is 2. The van der Waals surface area contributed by atoms with Crippen molar-refractivity contribution in [2.75, 3.05) is 5.73 Å². The first kappa shape index (κ1) is 22.7. The maximum Gasteiger partial charge on any atom is 0.402 e. The number of thiophene rings is 1. The Balaban J connectivity index is 0.000000591. The number of carboxylic acid groups (broad SMARTS) is 1. The molecule has 0 unspecified atom stereocenters. The summed E-state index contributed by atoms with van der Waals surface area (Å²) in [6.07, 6.45) is 6.25. The van der Waals surface area contributed by atoms with E-state index in [0.717, 1.165) is 56.9 Å². The van der Waals surface area contributed by atoms with Crippen LogP contribution in [0.15, 0.2) is 54.2 Å². The number of nitrogens with zero attached hydrogens (tertiary/aromatic N) is 5. The van der Waals surface area contributed by atoms with Crippen LogP contribution >= 0.6 is 11.3 Å². The molecular formula is C25H25N7O2S. The molecule has 1 saturated carbocycles. The third kappa shape index (κ3) is 4.65. The normalized spacial score (nSPS) is 14.1. The van der Waals surface area contributed by atoms with E-state index in [1.54, 1.807) is 11.3 Å². The second-order valence-corrected chi connectivity index (χ2v) is 9.43. The van der Waals surface area contributed by atoms with Gasteiger partial charge < -0.3 is 16.6 Å². The molecule has 0 spiro atoms. The molecule has 5 N–H and O–H groups in total. The minimum atomic E-state index is -1.33. The van der Waals surface area contributed by atoms with E-state index in [1.807, 2.05) is 4.52 Å². The molecule has 0 aliphatic heterocycles. The topological polar surface area (TPSA) is 145 Å². The summed E-state index contributed by atoms with van der Waals surface area (Å²) >= 11 is 1.70. The number of benzene rings is 1. The maximum atomic E-state index is 8.78. The van der Waals surface area contributed by atoms with E-state index in [2.05, 4.69) is 63.7 Å². The summed E-state index contributed by atoms with van der Waals surface area (Å²) in [4.78, 5) is 24.2. The number of imidazole rings is 1. The highest BCUT2D eigenvalue weighted by Gasteiger charge is 2.25. The molecule has 1 aliphatic rings. The van der Waals surface area contributed by atoms with Gasteiger partial charge in [-0.05, 0) is 36.4 Å². The Morgan fingerprint density at radius 3 is 2.60 bits per heavy atom. The Bertz CT molecular complexity index is 1490. The molecule has 0 atom stereocenters. The van der Waals surface area contributed by atoms with Gasteiger partial charge in [-0.1, -0.05) is 43.5 Å². The lowest BCUT2D eigenvalue weighted by Gasteiger charge is -2.19. The van der Waals surface area contributed by atoms with Gasteiger partial charge in [0.25, 0.3) is 0 Å². The number of rotatable bonds is 3.